The lowest BCUT2D eigenvalue weighted by atomic mass is 10.2. The number of sulfonamides is 1. The van der Waals surface area contributed by atoms with Gasteiger partial charge in [0.25, 0.3) is 5.91 Å². The Hall–Kier alpha value is -2.73. The van der Waals surface area contributed by atoms with E-state index in [-0.39, 0.29) is 22.0 Å². The van der Waals surface area contributed by atoms with Crippen LogP contribution in [0.3, 0.4) is 0 Å². The van der Waals surface area contributed by atoms with Crippen molar-refractivity contribution in [3.8, 4) is 23.8 Å². The van der Waals surface area contributed by atoms with E-state index in [0.29, 0.717) is 30.4 Å². The van der Waals surface area contributed by atoms with Crippen molar-refractivity contribution in [1.29, 1.82) is 0 Å². The Morgan fingerprint density at radius 2 is 1.89 bits per heavy atom. The molecular formula is C18H15ClN2O5S. The molecule has 140 valence electrons. The van der Waals surface area contributed by atoms with Crippen LogP contribution in [-0.2, 0) is 10.0 Å². The van der Waals surface area contributed by atoms with Gasteiger partial charge in [-0.25, -0.2) is 8.42 Å². The number of halogens is 1. The van der Waals surface area contributed by atoms with E-state index in [9.17, 15) is 13.2 Å². The number of fused-ring (bicyclic) bond motifs is 1. The highest BCUT2D eigenvalue weighted by Gasteiger charge is 2.19. The fraction of sp³-hybridized carbons (Fsp3) is 0.167. The summed E-state index contributed by atoms with van der Waals surface area (Å²) in [7, 11) is -3.81. The summed E-state index contributed by atoms with van der Waals surface area (Å²) in [4.78, 5) is 12.5. The second kappa shape index (κ2) is 7.88. The van der Waals surface area contributed by atoms with Gasteiger partial charge in [-0.3, -0.25) is 4.79 Å². The van der Waals surface area contributed by atoms with Gasteiger partial charge >= 0.3 is 0 Å². The number of carbonyl (C=O) groups excluding carboxylic acids is 1. The van der Waals surface area contributed by atoms with E-state index in [4.69, 9.17) is 27.5 Å². The number of rotatable bonds is 5. The van der Waals surface area contributed by atoms with Crippen LogP contribution in [0.4, 0.5) is 5.69 Å². The maximum absolute atomic E-state index is 12.5. The largest absolute Gasteiger partial charge is 0.486 e. The summed E-state index contributed by atoms with van der Waals surface area (Å²) in [5.41, 5.74) is 0.467. The molecule has 2 aromatic rings. The van der Waals surface area contributed by atoms with Crippen LogP contribution in [0.2, 0.25) is 5.02 Å². The average Bonchev–Trinajstić information content (AvgIpc) is 2.67. The summed E-state index contributed by atoms with van der Waals surface area (Å²) in [6.07, 6.45) is 5.07. The van der Waals surface area contributed by atoms with Gasteiger partial charge in [-0.05, 0) is 18.2 Å². The van der Waals surface area contributed by atoms with Crippen molar-refractivity contribution in [3.63, 3.8) is 0 Å². The number of terminal acetylenes is 1. The SMILES string of the molecule is C#CCNS(=O)(=O)c1cccc(C(=O)Nc2cc3c(cc2Cl)OCCO3)c1. The Balaban J connectivity index is 1.83. The van der Waals surface area contributed by atoms with Crippen LogP contribution in [0.25, 0.3) is 0 Å². The fourth-order valence-electron chi connectivity index (χ4n) is 2.38. The first kappa shape index (κ1) is 19.0. The molecule has 0 saturated carbocycles. The van der Waals surface area contributed by atoms with E-state index in [0.717, 1.165) is 0 Å². The smallest absolute Gasteiger partial charge is 0.255 e. The number of nitrogens with one attached hydrogen (secondary N) is 2. The summed E-state index contributed by atoms with van der Waals surface area (Å²) in [6, 6.07) is 8.68. The molecule has 0 unspecified atom stereocenters. The molecule has 1 aliphatic heterocycles. The van der Waals surface area contributed by atoms with Gasteiger partial charge < -0.3 is 14.8 Å². The highest BCUT2D eigenvalue weighted by molar-refractivity contribution is 7.89. The third-order valence-corrected chi connectivity index (χ3v) is 5.36. The van der Waals surface area contributed by atoms with E-state index < -0.39 is 15.9 Å². The molecule has 2 aromatic carbocycles. The van der Waals surface area contributed by atoms with E-state index in [2.05, 4.69) is 16.0 Å². The van der Waals surface area contributed by atoms with E-state index in [1.165, 1.54) is 24.3 Å². The maximum Gasteiger partial charge on any atom is 0.255 e. The lowest BCUT2D eigenvalue weighted by molar-refractivity contribution is 0.102. The molecule has 0 fully saturated rings. The molecule has 0 radical (unpaired) electrons. The molecule has 9 heteroatoms. The summed E-state index contributed by atoms with van der Waals surface area (Å²) in [6.45, 7) is 0.669. The lowest BCUT2D eigenvalue weighted by Gasteiger charge is -2.20. The van der Waals surface area contributed by atoms with Gasteiger partial charge in [0.2, 0.25) is 10.0 Å². The zero-order valence-corrected chi connectivity index (χ0v) is 15.6. The first-order chi connectivity index (χ1) is 12.9. The quantitative estimate of drug-likeness (QED) is 0.743. The molecule has 1 heterocycles. The molecule has 0 atom stereocenters. The van der Waals surface area contributed by atoms with Crippen molar-refractivity contribution in [2.24, 2.45) is 0 Å². The Morgan fingerprint density at radius 1 is 1.19 bits per heavy atom. The fourth-order valence-corrected chi connectivity index (χ4v) is 3.56. The van der Waals surface area contributed by atoms with Gasteiger partial charge in [-0.1, -0.05) is 23.6 Å². The Bertz CT molecular complexity index is 1030. The van der Waals surface area contributed by atoms with E-state index >= 15 is 0 Å². The van der Waals surface area contributed by atoms with Gasteiger partial charge in [0.1, 0.15) is 13.2 Å². The van der Waals surface area contributed by atoms with Crippen molar-refractivity contribution in [2.45, 2.75) is 4.90 Å². The number of ether oxygens (including phenoxy) is 2. The van der Waals surface area contributed by atoms with Gasteiger partial charge in [0, 0.05) is 17.7 Å². The molecule has 0 aliphatic carbocycles. The lowest BCUT2D eigenvalue weighted by Crippen LogP contribution is -2.24. The van der Waals surface area contributed by atoms with Crippen LogP contribution in [0.5, 0.6) is 11.5 Å². The monoisotopic (exact) mass is 406 g/mol. The molecular weight excluding hydrogens is 392 g/mol. The highest BCUT2D eigenvalue weighted by atomic mass is 35.5. The number of hydrogen-bond donors (Lipinski definition) is 2. The van der Waals surface area contributed by atoms with Gasteiger partial charge in [0.15, 0.2) is 11.5 Å². The van der Waals surface area contributed by atoms with Crippen LogP contribution in [0, 0.1) is 12.3 Å². The number of benzene rings is 2. The number of carbonyl (C=O) groups is 1. The van der Waals surface area contributed by atoms with Crippen LogP contribution in [0.15, 0.2) is 41.3 Å². The molecule has 0 saturated heterocycles. The normalized spacial score (nSPS) is 12.9. The average molecular weight is 407 g/mol. The highest BCUT2D eigenvalue weighted by Crippen LogP contribution is 2.38. The molecule has 3 rings (SSSR count). The predicted octanol–water partition coefficient (Wildman–Crippen LogP) is 2.28. The van der Waals surface area contributed by atoms with Gasteiger partial charge in [-0.2, -0.15) is 4.72 Å². The molecule has 27 heavy (non-hydrogen) atoms. The molecule has 1 aliphatic rings. The van der Waals surface area contributed by atoms with Crippen molar-refractivity contribution in [1.82, 2.24) is 4.72 Å². The second-order valence-electron chi connectivity index (χ2n) is 5.49. The topological polar surface area (TPSA) is 93.7 Å². The summed E-state index contributed by atoms with van der Waals surface area (Å²) in [5, 5.41) is 2.91. The standard InChI is InChI=1S/C18H15ClN2O5S/c1-2-6-20-27(23,24)13-5-3-4-12(9-13)18(22)21-15-11-17-16(10-14(15)19)25-7-8-26-17/h1,3-5,9-11,20H,6-8H2,(H,21,22). The molecule has 0 aromatic heterocycles. The third kappa shape index (κ3) is 4.34. The maximum atomic E-state index is 12.5. The minimum atomic E-state index is -3.81. The Kier molecular flexibility index (Phi) is 5.56. The van der Waals surface area contributed by atoms with Gasteiger partial charge in [0.05, 0.1) is 22.2 Å². The first-order valence-electron chi connectivity index (χ1n) is 7.84. The first-order valence-corrected chi connectivity index (χ1v) is 9.70. The minimum absolute atomic E-state index is 0.0707. The van der Waals surface area contributed by atoms with E-state index in [1.54, 1.807) is 12.1 Å². The van der Waals surface area contributed by atoms with Crippen LogP contribution >= 0.6 is 11.6 Å². The predicted molar refractivity (Wildman–Crippen MR) is 101 cm³/mol. The number of hydrogen-bond acceptors (Lipinski definition) is 5. The second-order valence-corrected chi connectivity index (χ2v) is 7.66. The summed E-state index contributed by atoms with van der Waals surface area (Å²) in [5.74, 6) is 2.63. The minimum Gasteiger partial charge on any atom is -0.486 e. The van der Waals surface area contributed by atoms with E-state index in [1.807, 2.05) is 0 Å². The third-order valence-electron chi connectivity index (χ3n) is 3.65. The van der Waals surface area contributed by atoms with Crippen molar-refractivity contribution >= 4 is 33.2 Å². The Labute approximate surface area is 161 Å². The molecule has 0 spiro atoms. The summed E-state index contributed by atoms with van der Waals surface area (Å²) < 4.78 is 37.4. The van der Waals surface area contributed by atoms with Crippen LogP contribution in [-0.4, -0.2) is 34.1 Å². The zero-order chi connectivity index (χ0) is 19.4. The zero-order valence-electron chi connectivity index (χ0n) is 14.0. The number of amides is 1. The molecule has 2 N–H and O–H groups in total. The number of anilines is 1. The summed E-state index contributed by atoms with van der Waals surface area (Å²) >= 11 is 6.18. The molecule has 0 bridgehead atoms. The van der Waals surface area contributed by atoms with Crippen LogP contribution < -0.4 is 19.5 Å². The van der Waals surface area contributed by atoms with Crippen molar-refractivity contribution < 1.29 is 22.7 Å². The molecule has 1 amide bonds. The molecule has 7 nitrogen and oxygen atoms in total. The van der Waals surface area contributed by atoms with Crippen LogP contribution in [0.1, 0.15) is 10.4 Å². The van der Waals surface area contributed by atoms with Crippen molar-refractivity contribution in [2.75, 3.05) is 25.1 Å². The Morgan fingerprint density at radius 3 is 2.59 bits per heavy atom. The van der Waals surface area contributed by atoms with Gasteiger partial charge in [-0.15, -0.1) is 6.42 Å². The van der Waals surface area contributed by atoms with Crippen molar-refractivity contribution in [3.05, 3.63) is 47.0 Å².